The summed E-state index contributed by atoms with van der Waals surface area (Å²) in [6, 6.07) is 12.6. The standard InChI is InChI=1S/C22H29N3O4S2/c1-28-22(27)19(10-11-31-2)24-20(26)13-29-21-16(12-17(23)14-30)8-9-18(25-21)15-6-4-3-5-7-15/h3-9,17,19,30H,10-14,23H2,1-2H3,(H,24,26)/t17?,19-/m0/s1. The summed E-state index contributed by atoms with van der Waals surface area (Å²) in [5.41, 5.74) is 8.50. The molecule has 0 radical (unpaired) electrons. The highest BCUT2D eigenvalue weighted by Gasteiger charge is 2.22. The summed E-state index contributed by atoms with van der Waals surface area (Å²) in [4.78, 5) is 29.0. The number of hydrogen-bond acceptors (Lipinski definition) is 8. The maximum absolute atomic E-state index is 12.4. The van der Waals surface area contributed by atoms with Crippen LogP contribution < -0.4 is 15.8 Å². The Hall–Kier alpha value is -2.23. The summed E-state index contributed by atoms with van der Waals surface area (Å²) in [6.07, 6.45) is 2.92. The summed E-state index contributed by atoms with van der Waals surface area (Å²) < 4.78 is 10.5. The van der Waals surface area contributed by atoms with Crippen LogP contribution in [0.1, 0.15) is 12.0 Å². The number of rotatable bonds is 12. The molecule has 1 heterocycles. The number of carbonyl (C=O) groups excluding carboxylic acids is 2. The lowest BCUT2D eigenvalue weighted by atomic mass is 10.1. The Morgan fingerprint density at radius 3 is 2.61 bits per heavy atom. The van der Waals surface area contributed by atoms with Gasteiger partial charge in [0.25, 0.3) is 5.91 Å². The zero-order chi connectivity index (χ0) is 22.6. The number of esters is 1. The molecule has 1 amide bonds. The second-order valence-electron chi connectivity index (χ2n) is 6.89. The maximum Gasteiger partial charge on any atom is 0.328 e. The van der Waals surface area contributed by atoms with Crippen LogP contribution in [0.4, 0.5) is 0 Å². The first-order valence-corrected chi connectivity index (χ1v) is 11.9. The molecule has 0 fully saturated rings. The van der Waals surface area contributed by atoms with Gasteiger partial charge in [0.15, 0.2) is 6.61 Å². The molecule has 2 aromatic rings. The molecule has 2 atom stereocenters. The van der Waals surface area contributed by atoms with Crippen molar-refractivity contribution in [2.75, 3.05) is 31.5 Å². The molecule has 0 aliphatic carbocycles. The molecule has 0 saturated heterocycles. The van der Waals surface area contributed by atoms with E-state index in [4.69, 9.17) is 15.2 Å². The molecule has 7 nitrogen and oxygen atoms in total. The third-order valence-electron chi connectivity index (χ3n) is 4.50. The first kappa shape index (κ1) is 25.0. The summed E-state index contributed by atoms with van der Waals surface area (Å²) in [7, 11) is 1.30. The number of thioether (sulfide) groups is 1. The smallest absolute Gasteiger partial charge is 0.328 e. The van der Waals surface area contributed by atoms with Crippen LogP contribution in [0.3, 0.4) is 0 Å². The van der Waals surface area contributed by atoms with E-state index in [0.717, 1.165) is 16.8 Å². The first-order valence-electron chi connectivity index (χ1n) is 9.89. The summed E-state index contributed by atoms with van der Waals surface area (Å²) >= 11 is 5.83. The summed E-state index contributed by atoms with van der Waals surface area (Å²) in [5.74, 6) is 0.664. The number of hydrogen-bond donors (Lipinski definition) is 3. The molecule has 1 unspecified atom stereocenters. The number of methoxy groups -OCH3 is 1. The van der Waals surface area contributed by atoms with E-state index in [1.54, 1.807) is 11.8 Å². The van der Waals surface area contributed by atoms with Crippen molar-refractivity contribution in [3.05, 3.63) is 48.0 Å². The minimum absolute atomic E-state index is 0.167. The second-order valence-corrected chi connectivity index (χ2v) is 8.24. The number of aromatic nitrogens is 1. The van der Waals surface area contributed by atoms with Crippen molar-refractivity contribution in [2.24, 2.45) is 5.73 Å². The highest BCUT2D eigenvalue weighted by Crippen LogP contribution is 2.24. The van der Waals surface area contributed by atoms with Crippen LogP contribution >= 0.6 is 24.4 Å². The van der Waals surface area contributed by atoms with Crippen molar-refractivity contribution in [1.29, 1.82) is 0 Å². The molecule has 0 saturated carbocycles. The predicted molar refractivity (Wildman–Crippen MR) is 128 cm³/mol. The molecule has 0 bridgehead atoms. The highest BCUT2D eigenvalue weighted by atomic mass is 32.2. The lowest BCUT2D eigenvalue weighted by Gasteiger charge is -2.17. The van der Waals surface area contributed by atoms with Crippen LogP contribution in [0.15, 0.2) is 42.5 Å². The number of nitrogens with one attached hydrogen (secondary N) is 1. The molecular weight excluding hydrogens is 434 g/mol. The van der Waals surface area contributed by atoms with Gasteiger partial charge in [-0.25, -0.2) is 9.78 Å². The fourth-order valence-corrected chi connectivity index (χ4v) is 3.46. The van der Waals surface area contributed by atoms with E-state index in [2.05, 4.69) is 22.9 Å². The number of ether oxygens (including phenoxy) is 2. The van der Waals surface area contributed by atoms with Crippen LogP contribution in [0.25, 0.3) is 11.3 Å². The molecular formula is C22H29N3O4S2. The predicted octanol–water partition coefficient (Wildman–Crippen LogP) is 2.34. The molecule has 168 valence electrons. The van der Waals surface area contributed by atoms with Gasteiger partial charge in [-0.15, -0.1) is 0 Å². The maximum atomic E-state index is 12.4. The first-order chi connectivity index (χ1) is 15.0. The highest BCUT2D eigenvalue weighted by molar-refractivity contribution is 7.98. The number of benzene rings is 1. The lowest BCUT2D eigenvalue weighted by Crippen LogP contribution is -2.44. The van der Waals surface area contributed by atoms with E-state index in [-0.39, 0.29) is 12.6 Å². The molecule has 31 heavy (non-hydrogen) atoms. The third-order valence-corrected chi connectivity index (χ3v) is 5.61. The molecule has 9 heteroatoms. The van der Waals surface area contributed by atoms with E-state index < -0.39 is 17.9 Å². The van der Waals surface area contributed by atoms with Crippen LogP contribution in [0, 0.1) is 0 Å². The quantitative estimate of drug-likeness (QED) is 0.328. The largest absolute Gasteiger partial charge is 0.467 e. The Morgan fingerprint density at radius 1 is 1.23 bits per heavy atom. The van der Waals surface area contributed by atoms with E-state index in [1.165, 1.54) is 7.11 Å². The Bertz CT molecular complexity index is 852. The van der Waals surface area contributed by atoms with Crippen molar-refractivity contribution in [1.82, 2.24) is 10.3 Å². The summed E-state index contributed by atoms with van der Waals surface area (Å²) in [6.45, 7) is -0.277. The molecule has 1 aromatic heterocycles. The van der Waals surface area contributed by atoms with E-state index in [0.29, 0.717) is 30.2 Å². The van der Waals surface area contributed by atoms with Gasteiger partial charge in [0, 0.05) is 22.9 Å². The van der Waals surface area contributed by atoms with Crippen molar-refractivity contribution >= 4 is 36.3 Å². The molecule has 0 aliphatic heterocycles. The minimum atomic E-state index is -0.714. The van der Waals surface area contributed by atoms with Gasteiger partial charge < -0.3 is 20.5 Å². The average Bonchev–Trinajstić information content (AvgIpc) is 2.80. The van der Waals surface area contributed by atoms with Crippen molar-refractivity contribution in [3.8, 4) is 17.1 Å². The molecule has 3 N–H and O–H groups in total. The molecule has 0 spiro atoms. The van der Waals surface area contributed by atoms with E-state index >= 15 is 0 Å². The van der Waals surface area contributed by atoms with Crippen molar-refractivity contribution in [2.45, 2.75) is 24.9 Å². The van der Waals surface area contributed by atoms with E-state index in [9.17, 15) is 9.59 Å². The van der Waals surface area contributed by atoms with Gasteiger partial charge in [-0.3, -0.25) is 4.79 Å². The normalized spacial score (nSPS) is 12.6. The molecule has 0 aliphatic rings. The number of nitrogens with zero attached hydrogens (tertiary/aromatic N) is 1. The van der Waals surface area contributed by atoms with Crippen LogP contribution in [-0.2, 0) is 20.7 Å². The lowest BCUT2D eigenvalue weighted by molar-refractivity contribution is -0.145. The molecule has 1 aromatic carbocycles. The SMILES string of the molecule is COC(=O)[C@H](CCSC)NC(=O)COc1nc(-c2ccccc2)ccc1CC(N)CS. The van der Waals surface area contributed by atoms with Gasteiger partial charge in [-0.05, 0) is 30.9 Å². The zero-order valence-electron chi connectivity index (χ0n) is 17.7. The number of pyridine rings is 1. The minimum Gasteiger partial charge on any atom is -0.467 e. The Labute approximate surface area is 192 Å². The Morgan fingerprint density at radius 2 is 1.97 bits per heavy atom. The fraction of sp³-hybridized carbons (Fsp3) is 0.409. The van der Waals surface area contributed by atoms with Crippen molar-refractivity contribution in [3.63, 3.8) is 0 Å². The number of nitrogens with two attached hydrogens (primary N) is 1. The van der Waals surface area contributed by atoms with Crippen molar-refractivity contribution < 1.29 is 19.1 Å². The van der Waals surface area contributed by atoms with Gasteiger partial charge >= 0.3 is 5.97 Å². The average molecular weight is 464 g/mol. The zero-order valence-corrected chi connectivity index (χ0v) is 19.5. The Kier molecular flexibility index (Phi) is 10.7. The van der Waals surface area contributed by atoms with Gasteiger partial charge in [-0.1, -0.05) is 36.4 Å². The topological polar surface area (TPSA) is 104 Å². The van der Waals surface area contributed by atoms with E-state index in [1.807, 2.05) is 48.7 Å². The number of amides is 1. The fourth-order valence-electron chi connectivity index (χ4n) is 2.86. The number of carbonyl (C=O) groups is 2. The summed E-state index contributed by atoms with van der Waals surface area (Å²) in [5, 5.41) is 2.67. The Balaban J connectivity index is 2.14. The monoisotopic (exact) mass is 463 g/mol. The van der Waals surface area contributed by atoms with Crippen LogP contribution in [0.2, 0.25) is 0 Å². The van der Waals surface area contributed by atoms with Gasteiger partial charge in [0.05, 0.1) is 12.8 Å². The number of thiol groups is 1. The van der Waals surface area contributed by atoms with Gasteiger partial charge in [-0.2, -0.15) is 24.4 Å². The van der Waals surface area contributed by atoms with Gasteiger partial charge in [0.2, 0.25) is 5.88 Å². The third kappa shape index (κ3) is 8.08. The molecule has 2 rings (SSSR count). The van der Waals surface area contributed by atoms with Gasteiger partial charge in [0.1, 0.15) is 6.04 Å². The van der Waals surface area contributed by atoms with Crippen LogP contribution in [-0.4, -0.2) is 60.4 Å². The second kappa shape index (κ2) is 13.2. The van der Waals surface area contributed by atoms with Crippen LogP contribution in [0.5, 0.6) is 5.88 Å².